The molecule has 1 aromatic carbocycles. The minimum atomic E-state index is -0.362. The molecule has 22 heavy (non-hydrogen) atoms. The van der Waals surface area contributed by atoms with Crippen LogP contribution in [0.1, 0.15) is 22.3 Å². The van der Waals surface area contributed by atoms with Crippen molar-refractivity contribution < 1.29 is 9.59 Å². The minimum absolute atomic E-state index is 0.192. The Balaban J connectivity index is 1.95. The van der Waals surface area contributed by atoms with E-state index in [1.54, 1.807) is 42.6 Å². The van der Waals surface area contributed by atoms with E-state index >= 15 is 0 Å². The van der Waals surface area contributed by atoms with Crippen LogP contribution in [0.3, 0.4) is 0 Å². The van der Waals surface area contributed by atoms with Crippen molar-refractivity contribution in [3.8, 4) is 6.07 Å². The van der Waals surface area contributed by atoms with Gasteiger partial charge in [0.1, 0.15) is 6.42 Å². The van der Waals surface area contributed by atoms with Gasteiger partial charge in [-0.05, 0) is 29.8 Å². The molecule has 0 fully saturated rings. The van der Waals surface area contributed by atoms with Gasteiger partial charge in [-0.2, -0.15) is 5.26 Å². The number of anilines is 1. The fourth-order valence-electron chi connectivity index (χ4n) is 1.82. The highest BCUT2D eigenvalue weighted by molar-refractivity contribution is 5.94. The van der Waals surface area contributed by atoms with E-state index in [0.717, 1.165) is 5.56 Å². The highest BCUT2D eigenvalue weighted by atomic mass is 16.2. The Kier molecular flexibility index (Phi) is 5.21. The summed E-state index contributed by atoms with van der Waals surface area (Å²) in [5, 5.41) is 13.9. The largest absolute Gasteiger partial charge is 0.348 e. The quantitative estimate of drug-likeness (QED) is 0.880. The van der Waals surface area contributed by atoms with Crippen LogP contribution in [0.5, 0.6) is 0 Å². The van der Waals surface area contributed by atoms with Crippen molar-refractivity contribution in [3.05, 3.63) is 59.9 Å². The van der Waals surface area contributed by atoms with Crippen LogP contribution in [0.15, 0.2) is 48.8 Å². The van der Waals surface area contributed by atoms with Crippen LogP contribution >= 0.6 is 0 Å². The van der Waals surface area contributed by atoms with Gasteiger partial charge in [0.05, 0.1) is 11.6 Å². The van der Waals surface area contributed by atoms with Crippen LogP contribution in [-0.4, -0.2) is 16.8 Å². The van der Waals surface area contributed by atoms with E-state index in [2.05, 4.69) is 15.6 Å². The lowest BCUT2D eigenvalue weighted by Crippen LogP contribution is -2.22. The number of benzene rings is 1. The number of rotatable bonds is 5. The summed E-state index contributed by atoms with van der Waals surface area (Å²) < 4.78 is 0. The summed E-state index contributed by atoms with van der Waals surface area (Å²) in [6.45, 7) is 0.329. The van der Waals surface area contributed by atoms with E-state index in [4.69, 9.17) is 5.26 Å². The van der Waals surface area contributed by atoms with E-state index in [-0.39, 0.29) is 18.2 Å². The smallest absolute Gasteiger partial charge is 0.253 e. The Hall–Kier alpha value is -3.20. The predicted octanol–water partition coefficient (Wildman–Crippen LogP) is 1.86. The van der Waals surface area contributed by atoms with Crippen LogP contribution < -0.4 is 10.6 Å². The molecule has 2 aromatic rings. The van der Waals surface area contributed by atoms with Crippen molar-refractivity contribution in [2.45, 2.75) is 13.0 Å². The Morgan fingerprint density at radius 3 is 2.82 bits per heavy atom. The van der Waals surface area contributed by atoms with Gasteiger partial charge < -0.3 is 10.6 Å². The molecule has 0 aliphatic rings. The number of nitrogens with zero attached hydrogens (tertiary/aromatic N) is 2. The second-order valence-electron chi connectivity index (χ2n) is 4.51. The first-order valence-corrected chi connectivity index (χ1v) is 6.63. The molecule has 0 unspecified atom stereocenters. The number of nitrogens with one attached hydrogen (secondary N) is 2. The molecular formula is C16H14N4O2. The van der Waals surface area contributed by atoms with Crippen molar-refractivity contribution in [1.29, 1.82) is 5.26 Å². The van der Waals surface area contributed by atoms with Crippen LogP contribution in [-0.2, 0) is 11.3 Å². The van der Waals surface area contributed by atoms with Gasteiger partial charge in [0, 0.05) is 24.6 Å². The Morgan fingerprint density at radius 1 is 1.23 bits per heavy atom. The fourth-order valence-corrected chi connectivity index (χ4v) is 1.82. The molecule has 0 bridgehead atoms. The number of amides is 2. The number of hydrogen-bond donors (Lipinski definition) is 2. The monoisotopic (exact) mass is 294 g/mol. The Bertz CT molecular complexity index is 708. The predicted molar refractivity (Wildman–Crippen MR) is 80.7 cm³/mol. The van der Waals surface area contributed by atoms with Crippen molar-refractivity contribution in [2.24, 2.45) is 0 Å². The maximum atomic E-state index is 11.9. The highest BCUT2D eigenvalue weighted by Gasteiger charge is 2.06. The third-order valence-electron chi connectivity index (χ3n) is 2.83. The van der Waals surface area contributed by atoms with Gasteiger partial charge in [-0.3, -0.25) is 14.6 Å². The van der Waals surface area contributed by atoms with Crippen LogP contribution in [0.4, 0.5) is 5.69 Å². The molecule has 2 N–H and O–H groups in total. The van der Waals surface area contributed by atoms with E-state index < -0.39 is 0 Å². The number of carbonyl (C=O) groups is 2. The summed E-state index contributed by atoms with van der Waals surface area (Å²) in [7, 11) is 0. The van der Waals surface area contributed by atoms with Gasteiger partial charge in [0.2, 0.25) is 5.91 Å². The van der Waals surface area contributed by atoms with Crippen molar-refractivity contribution in [1.82, 2.24) is 10.3 Å². The second-order valence-corrected chi connectivity index (χ2v) is 4.51. The van der Waals surface area contributed by atoms with Gasteiger partial charge in [-0.25, -0.2) is 0 Å². The number of pyridine rings is 1. The zero-order valence-corrected chi connectivity index (χ0v) is 11.7. The van der Waals surface area contributed by atoms with E-state index in [0.29, 0.717) is 17.8 Å². The topological polar surface area (TPSA) is 94.9 Å². The van der Waals surface area contributed by atoms with Gasteiger partial charge in [-0.15, -0.1) is 0 Å². The fraction of sp³-hybridized carbons (Fsp3) is 0.125. The number of carbonyl (C=O) groups excluding carboxylic acids is 2. The second kappa shape index (κ2) is 7.55. The molecule has 0 aliphatic heterocycles. The van der Waals surface area contributed by atoms with Crippen LogP contribution in [0, 0.1) is 11.3 Å². The number of nitriles is 1. The molecule has 0 saturated heterocycles. The van der Waals surface area contributed by atoms with Gasteiger partial charge >= 0.3 is 0 Å². The average molecular weight is 294 g/mol. The van der Waals surface area contributed by atoms with Gasteiger partial charge in [-0.1, -0.05) is 12.1 Å². The lowest BCUT2D eigenvalue weighted by molar-refractivity contribution is -0.115. The third kappa shape index (κ3) is 4.42. The average Bonchev–Trinajstić information content (AvgIpc) is 2.54. The van der Waals surface area contributed by atoms with Crippen molar-refractivity contribution >= 4 is 17.5 Å². The molecule has 0 spiro atoms. The molecule has 0 saturated carbocycles. The molecule has 1 aromatic heterocycles. The summed E-state index contributed by atoms with van der Waals surface area (Å²) in [5.74, 6) is -0.578. The molecule has 2 rings (SSSR count). The van der Waals surface area contributed by atoms with E-state index in [9.17, 15) is 9.59 Å². The zero-order valence-electron chi connectivity index (χ0n) is 11.7. The lowest BCUT2D eigenvalue weighted by Gasteiger charge is -2.08. The summed E-state index contributed by atoms with van der Waals surface area (Å²) in [5.41, 5.74) is 1.92. The maximum absolute atomic E-state index is 11.9. The summed E-state index contributed by atoms with van der Waals surface area (Å²) in [4.78, 5) is 27.2. The minimum Gasteiger partial charge on any atom is -0.348 e. The SMILES string of the molecule is N#CCC(=O)Nc1cccc(CNC(=O)c2cccnc2)c1. The van der Waals surface area contributed by atoms with Crippen LogP contribution in [0.2, 0.25) is 0 Å². The standard InChI is InChI=1S/C16H14N4O2/c17-7-6-15(21)20-14-5-1-3-12(9-14)10-19-16(22)13-4-2-8-18-11-13/h1-5,8-9,11H,6,10H2,(H,19,22)(H,20,21). The Morgan fingerprint density at radius 2 is 2.09 bits per heavy atom. The van der Waals surface area contributed by atoms with E-state index in [1.165, 1.54) is 6.20 Å². The van der Waals surface area contributed by atoms with Crippen molar-refractivity contribution in [3.63, 3.8) is 0 Å². The molecule has 0 radical (unpaired) electrons. The number of aromatic nitrogens is 1. The molecule has 0 atom stereocenters. The molecule has 6 nitrogen and oxygen atoms in total. The summed E-state index contributed by atoms with van der Waals surface area (Å²) in [6.07, 6.45) is 2.90. The summed E-state index contributed by atoms with van der Waals surface area (Å²) >= 11 is 0. The summed E-state index contributed by atoms with van der Waals surface area (Å²) in [6, 6.07) is 12.2. The molecule has 110 valence electrons. The molecule has 2 amide bonds. The van der Waals surface area contributed by atoms with Gasteiger partial charge in [0.25, 0.3) is 5.91 Å². The lowest BCUT2D eigenvalue weighted by atomic mass is 10.2. The first-order valence-electron chi connectivity index (χ1n) is 6.63. The van der Waals surface area contributed by atoms with Crippen molar-refractivity contribution in [2.75, 3.05) is 5.32 Å². The maximum Gasteiger partial charge on any atom is 0.253 e. The normalized spacial score (nSPS) is 9.59. The third-order valence-corrected chi connectivity index (χ3v) is 2.83. The number of hydrogen-bond acceptors (Lipinski definition) is 4. The first kappa shape index (κ1) is 15.2. The molecule has 0 aliphatic carbocycles. The van der Waals surface area contributed by atoms with E-state index in [1.807, 2.05) is 6.07 Å². The molecule has 1 heterocycles. The van der Waals surface area contributed by atoms with Crippen LogP contribution in [0.25, 0.3) is 0 Å². The first-order chi connectivity index (χ1) is 10.7. The molecule has 6 heteroatoms. The highest BCUT2D eigenvalue weighted by Crippen LogP contribution is 2.11. The molecular weight excluding hydrogens is 280 g/mol. The zero-order chi connectivity index (χ0) is 15.8. The van der Waals surface area contributed by atoms with Gasteiger partial charge in [0.15, 0.2) is 0 Å². The Labute approximate surface area is 127 Å².